The normalized spacial score (nSPS) is 16.4. The molecule has 4 rings (SSSR count). The number of rotatable bonds is 8. The van der Waals surface area contributed by atoms with Crippen LogP contribution in [-0.2, 0) is 26.8 Å². The molecule has 1 aliphatic heterocycles. The maximum Gasteiger partial charge on any atom is 0.236 e. The number of nitrogens with two attached hydrogens (primary N) is 1. The van der Waals surface area contributed by atoms with Gasteiger partial charge in [0.25, 0.3) is 0 Å². The molecule has 1 aliphatic rings. The fourth-order valence-electron chi connectivity index (χ4n) is 3.81. The van der Waals surface area contributed by atoms with E-state index in [1.807, 2.05) is 41.8 Å². The quantitative estimate of drug-likeness (QED) is 0.508. The molecule has 32 heavy (non-hydrogen) atoms. The number of benzene rings is 2. The van der Waals surface area contributed by atoms with Crippen LogP contribution in [0, 0.1) is 0 Å². The van der Waals surface area contributed by atoms with Crippen LogP contribution in [0.1, 0.15) is 34.6 Å². The number of aromatic nitrogens is 1. The Kier molecular flexibility index (Phi) is 6.93. The van der Waals surface area contributed by atoms with Crippen LogP contribution in [-0.4, -0.2) is 38.8 Å². The van der Waals surface area contributed by atoms with Crippen molar-refractivity contribution in [3.63, 3.8) is 0 Å². The number of amides is 1. The van der Waals surface area contributed by atoms with Crippen LogP contribution in [0.25, 0.3) is 11.1 Å². The van der Waals surface area contributed by atoms with Gasteiger partial charge >= 0.3 is 0 Å². The van der Waals surface area contributed by atoms with Crippen LogP contribution in [0.2, 0.25) is 0 Å². The van der Waals surface area contributed by atoms with Crippen molar-refractivity contribution in [1.29, 1.82) is 0 Å². The number of carbonyl (C=O) groups excluding carboxylic acids is 2. The number of ketones is 1. The van der Waals surface area contributed by atoms with Gasteiger partial charge < -0.3 is 10.5 Å². The van der Waals surface area contributed by atoms with E-state index >= 15 is 0 Å². The Balaban J connectivity index is 1.45. The second-order valence-electron chi connectivity index (χ2n) is 7.69. The van der Waals surface area contributed by atoms with E-state index in [2.05, 4.69) is 4.98 Å². The number of thiazole rings is 1. The largest absolute Gasteiger partial charge is 0.381 e. The number of aryl methyl sites for hydroxylation is 1. The number of nitrogens with zero attached hydrogens (tertiary/aromatic N) is 1. The van der Waals surface area contributed by atoms with Crippen LogP contribution >= 0.6 is 11.3 Å². The lowest BCUT2D eigenvalue weighted by atomic mass is 9.98. The minimum absolute atomic E-state index is 0.0886. The predicted octanol–water partition coefficient (Wildman–Crippen LogP) is 3.77. The van der Waals surface area contributed by atoms with E-state index < -0.39 is 21.5 Å². The molecule has 0 spiro atoms. The van der Waals surface area contributed by atoms with Gasteiger partial charge in [0.15, 0.2) is 5.78 Å². The van der Waals surface area contributed by atoms with E-state index in [4.69, 9.17) is 10.5 Å². The van der Waals surface area contributed by atoms with Crippen LogP contribution in [0.15, 0.2) is 65.0 Å². The highest BCUT2D eigenvalue weighted by Gasteiger charge is 2.45. The molecule has 8 heteroatoms. The number of hydrogen-bond donors (Lipinski definition) is 1. The van der Waals surface area contributed by atoms with Gasteiger partial charge in [-0.05, 0) is 36.1 Å². The molecule has 6 nitrogen and oxygen atoms in total. The first-order chi connectivity index (χ1) is 15.5. The molecule has 1 amide bonds. The summed E-state index contributed by atoms with van der Waals surface area (Å²) in [4.78, 5) is 29.3. The molecule has 2 aromatic carbocycles. The summed E-state index contributed by atoms with van der Waals surface area (Å²) < 4.78 is 17.4. The number of ether oxygens (including phenoxy) is 1. The van der Waals surface area contributed by atoms with Crippen LogP contribution in [0.3, 0.4) is 0 Å². The lowest BCUT2D eigenvalue weighted by Gasteiger charge is -2.33. The fraction of sp³-hybridized carbons (Fsp3) is 0.292. The summed E-state index contributed by atoms with van der Waals surface area (Å²) in [5.74, 6) is -0.455. The molecule has 2 heterocycles. The van der Waals surface area contributed by atoms with Gasteiger partial charge in [-0.25, -0.2) is 4.98 Å². The van der Waals surface area contributed by atoms with Crippen LogP contribution in [0.4, 0.5) is 0 Å². The van der Waals surface area contributed by atoms with Crippen molar-refractivity contribution in [2.75, 3.05) is 13.2 Å². The van der Waals surface area contributed by atoms with Gasteiger partial charge in [0.2, 0.25) is 5.91 Å². The van der Waals surface area contributed by atoms with Crippen LogP contribution in [0.5, 0.6) is 0 Å². The average molecular weight is 469 g/mol. The standard InChI is InChI=1S/C24H24N2O4S2/c25-23(28)24(11-14-30-15-12-24)32(29)20-7-5-18(6-8-20)17-1-3-19(4-2-17)21(27)9-10-22-26-13-16-31-22/h1-8,13,16H,9-12,14-15H2,(H2,25,28). The lowest BCUT2D eigenvalue weighted by Crippen LogP contribution is -2.51. The van der Waals surface area contributed by atoms with Gasteiger partial charge in [0.1, 0.15) is 4.75 Å². The van der Waals surface area contributed by atoms with E-state index in [9.17, 15) is 13.8 Å². The van der Waals surface area contributed by atoms with E-state index in [0.29, 0.717) is 49.4 Å². The Morgan fingerprint density at radius 1 is 1.03 bits per heavy atom. The zero-order valence-electron chi connectivity index (χ0n) is 17.5. The molecule has 0 aliphatic carbocycles. The monoisotopic (exact) mass is 468 g/mol. The number of primary amides is 1. The first kappa shape index (κ1) is 22.5. The first-order valence-corrected chi connectivity index (χ1v) is 12.4. The van der Waals surface area contributed by atoms with Crippen molar-refractivity contribution in [2.24, 2.45) is 5.73 Å². The van der Waals surface area contributed by atoms with Crippen molar-refractivity contribution >= 4 is 33.8 Å². The third kappa shape index (κ3) is 4.72. The lowest BCUT2D eigenvalue weighted by molar-refractivity contribution is -0.122. The highest BCUT2D eigenvalue weighted by molar-refractivity contribution is 7.87. The van der Waals surface area contributed by atoms with Crippen LogP contribution < -0.4 is 5.73 Å². The van der Waals surface area contributed by atoms with E-state index in [0.717, 1.165) is 16.1 Å². The Hall–Kier alpha value is -2.68. The Morgan fingerprint density at radius 2 is 1.66 bits per heavy atom. The molecule has 1 atom stereocenters. The fourth-order valence-corrected chi connectivity index (χ4v) is 5.99. The molecular weight excluding hydrogens is 444 g/mol. The molecule has 0 radical (unpaired) electrons. The molecule has 3 aromatic rings. The highest BCUT2D eigenvalue weighted by atomic mass is 32.2. The third-order valence-corrected chi connectivity index (χ3v) is 8.62. The highest BCUT2D eigenvalue weighted by Crippen LogP contribution is 2.32. The SMILES string of the molecule is NC(=O)C1(S(=O)c2ccc(-c3ccc(C(=O)CCc4nccs4)cc3)cc2)CCOCC1. The van der Waals surface area contributed by atoms with Crippen molar-refractivity contribution in [1.82, 2.24) is 4.98 Å². The summed E-state index contributed by atoms with van der Waals surface area (Å²) in [6.07, 6.45) is 3.54. The Labute approximate surface area is 193 Å². The molecule has 0 saturated carbocycles. The molecule has 166 valence electrons. The maximum atomic E-state index is 13.2. The molecule has 2 N–H and O–H groups in total. The van der Waals surface area contributed by atoms with Gasteiger partial charge in [0.05, 0.1) is 15.8 Å². The van der Waals surface area contributed by atoms with Gasteiger partial charge in [-0.15, -0.1) is 11.3 Å². The third-order valence-electron chi connectivity index (χ3n) is 5.76. The summed E-state index contributed by atoms with van der Waals surface area (Å²) in [5, 5.41) is 2.87. The summed E-state index contributed by atoms with van der Waals surface area (Å²) >= 11 is 1.56. The van der Waals surface area contributed by atoms with Gasteiger partial charge in [0, 0.05) is 48.1 Å². The number of hydrogen-bond acceptors (Lipinski definition) is 6. The molecule has 1 aromatic heterocycles. The minimum atomic E-state index is -1.55. The summed E-state index contributed by atoms with van der Waals surface area (Å²) in [5.41, 5.74) is 8.19. The van der Waals surface area contributed by atoms with Crippen molar-refractivity contribution in [3.8, 4) is 11.1 Å². The molecule has 1 fully saturated rings. The average Bonchev–Trinajstić information content (AvgIpc) is 3.36. The minimum Gasteiger partial charge on any atom is -0.381 e. The second-order valence-corrected chi connectivity index (χ2v) is 10.5. The number of Topliss-reactive ketones (excluding diaryl/α,β-unsaturated/α-hetero) is 1. The molecular formula is C24H24N2O4S2. The van der Waals surface area contributed by atoms with Crippen molar-refractivity contribution < 1.29 is 18.5 Å². The van der Waals surface area contributed by atoms with Gasteiger partial charge in [-0.1, -0.05) is 36.4 Å². The van der Waals surface area contributed by atoms with Gasteiger partial charge in [-0.2, -0.15) is 0 Å². The van der Waals surface area contributed by atoms with Crippen molar-refractivity contribution in [3.05, 3.63) is 70.7 Å². The second kappa shape index (κ2) is 9.85. The molecule has 0 bridgehead atoms. The zero-order chi connectivity index (χ0) is 22.6. The maximum absolute atomic E-state index is 13.2. The molecule has 1 saturated heterocycles. The zero-order valence-corrected chi connectivity index (χ0v) is 19.1. The Morgan fingerprint density at radius 3 is 2.22 bits per heavy atom. The predicted molar refractivity (Wildman–Crippen MR) is 125 cm³/mol. The van der Waals surface area contributed by atoms with E-state index in [1.54, 1.807) is 29.7 Å². The summed E-state index contributed by atoms with van der Waals surface area (Å²) in [7, 11) is -1.55. The van der Waals surface area contributed by atoms with Gasteiger partial charge in [-0.3, -0.25) is 13.8 Å². The van der Waals surface area contributed by atoms with Crippen molar-refractivity contribution in [2.45, 2.75) is 35.3 Å². The first-order valence-electron chi connectivity index (χ1n) is 10.4. The Bertz CT molecular complexity index is 1100. The topological polar surface area (TPSA) is 99.4 Å². The van der Waals surface area contributed by atoms with E-state index in [1.165, 1.54) is 0 Å². The van der Waals surface area contributed by atoms with E-state index in [-0.39, 0.29) is 5.78 Å². The summed E-state index contributed by atoms with van der Waals surface area (Å²) in [6.45, 7) is 0.753. The summed E-state index contributed by atoms with van der Waals surface area (Å²) in [6, 6.07) is 14.8. The molecule has 1 unspecified atom stereocenters. The number of carbonyl (C=O) groups is 2. The smallest absolute Gasteiger partial charge is 0.236 e.